The van der Waals surface area contributed by atoms with E-state index in [0.29, 0.717) is 5.70 Å². The van der Waals surface area contributed by atoms with E-state index < -0.39 is 11.7 Å². The summed E-state index contributed by atoms with van der Waals surface area (Å²) in [5, 5.41) is -0.184. The van der Waals surface area contributed by atoms with E-state index in [4.69, 9.17) is 23.1 Å². The van der Waals surface area contributed by atoms with Crippen molar-refractivity contribution < 1.29 is 13.2 Å². The molecular formula is C17H25ClF3N5. The molecular weight excluding hydrogens is 367 g/mol. The van der Waals surface area contributed by atoms with Crippen molar-refractivity contribution in [1.29, 1.82) is 0 Å². The second-order valence-corrected chi connectivity index (χ2v) is 7.21. The first kappa shape index (κ1) is 20.6. The number of aliphatic imine (C=N–C) groups is 2. The van der Waals surface area contributed by atoms with Gasteiger partial charge in [0, 0.05) is 22.8 Å². The molecule has 2 unspecified atom stereocenters. The summed E-state index contributed by atoms with van der Waals surface area (Å²) in [5.41, 5.74) is 11.6. The molecule has 1 fully saturated rings. The number of alkyl halides is 3. The number of allylic oxidation sites excluding steroid dienone is 4. The lowest BCUT2D eigenvalue weighted by atomic mass is 9.98. The van der Waals surface area contributed by atoms with Crippen LogP contribution in [0.1, 0.15) is 52.4 Å². The Morgan fingerprint density at radius 2 is 1.81 bits per heavy atom. The first-order valence-corrected chi connectivity index (χ1v) is 9.07. The Morgan fingerprint density at radius 1 is 1.19 bits per heavy atom. The van der Waals surface area contributed by atoms with Crippen LogP contribution in [0.5, 0.6) is 0 Å². The molecule has 2 rings (SSSR count). The molecule has 26 heavy (non-hydrogen) atoms. The molecule has 0 aromatic heterocycles. The van der Waals surface area contributed by atoms with Crippen molar-refractivity contribution in [3.05, 3.63) is 22.4 Å². The lowest BCUT2D eigenvalue weighted by molar-refractivity contribution is -0.0933. The molecule has 2 atom stereocenters. The zero-order valence-corrected chi connectivity index (χ0v) is 15.7. The van der Waals surface area contributed by atoms with Gasteiger partial charge in [0.15, 0.2) is 5.96 Å². The highest BCUT2D eigenvalue weighted by molar-refractivity contribution is 6.30. The van der Waals surface area contributed by atoms with Crippen LogP contribution in [0.2, 0.25) is 0 Å². The number of nitrogens with two attached hydrogens (primary N) is 2. The Balaban J connectivity index is 2.13. The smallest absolute Gasteiger partial charge is 0.369 e. The van der Waals surface area contributed by atoms with Crippen LogP contribution in [-0.2, 0) is 0 Å². The number of guanidine groups is 2. The maximum atomic E-state index is 12.9. The van der Waals surface area contributed by atoms with Crippen LogP contribution in [0.15, 0.2) is 32.4 Å². The number of piperidine rings is 1. The zero-order chi connectivity index (χ0) is 19.5. The van der Waals surface area contributed by atoms with Crippen LogP contribution in [0.4, 0.5) is 13.2 Å². The monoisotopic (exact) mass is 391 g/mol. The van der Waals surface area contributed by atoms with Crippen LogP contribution in [-0.4, -0.2) is 35.1 Å². The largest absolute Gasteiger partial charge is 0.414 e. The third-order valence-corrected chi connectivity index (χ3v) is 5.17. The molecule has 1 saturated heterocycles. The Labute approximate surface area is 156 Å². The number of rotatable bonds is 1. The van der Waals surface area contributed by atoms with Crippen LogP contribution < -0.4 is 11.5 Å². The van der Waals surface area contributed by atoms with Gasteiger partial charge in [-0.1, -0.05) is 17.7 Å². The van der Waals surface area contributed by atoms with E-state index in [0.717, 1.165) is 19.3 Å². The number of hydrogen-bond acceptors (Lipinski definition) is 1. The quantitative estimate of drug-likeness (QED) is 0.523. The molecule has 9 heteroatoms. The summed E-state index contributed by atoms with van der Waals surface area (Å²) < 4.78 is 38.8. The van der Waals surface area contributed by atoms with E-state index in [1.807, 2.05) is 4.90 Å². The van der Waals surface area contributed by atoms with Crippen molar-refractivity contribution in [1.82, 2.24) is 4.90 Å². The second kappa shape index (κ2) is 8.33. The highest BCUT2D eigenvalue weighted by Gasteiger charge is 2.35. The average Bonchev–Trinajstić information content (AvgIpc) is 2.68. The van der Waals surface area contributed by atoms with Crippen LogP contribution in [0.25, 0.3) is 0 Å². The van der Waals surface area contributed by atoms with E-state index >= 15 is 0 Å². The molecule has 146 valence electrons. The van der Waals surface area contributed by atoms with E-state index in [1.165, 1.54) is 6.08 Å². The van der Waals surface area contributed by atoms with Crippen molar-refractivity contribution in [2.75, 3.05) is 0 Å². The number of nitrogens with zero attached hydrogens (tertiary/aromatic N) is 3. The lowest BCUT2D eigenvalue weighted by Gasteiger charge is -2.39. The second-order valence-electron chi connectivity index (χ2n) is 6.76. The third-order valence-electron chi connectivity index (χ3n) is 4.76. The summed E-state index contributed by atoms with van der Waals surface area (Å²) >= 11 is 5.78. The van der Waals surface area contributed by atoms with Gasteiger partial charge >= 0.3 is 6.18 Å². The van der Waals surface area contributed by atoms with Gasteiger partial charge in [-0.3, -0.25) is 0 Å². The summed E-state index contributed by atoms with van der Waals surface area (Å²) in [5.74, 6) is 0.220. The minimum atomic E-state index is -4.44. The van der Waals surface area contributed by atoms with Crippen molar-refractivity contribution in [3.8, 4) is 0 Å². The van der Waals surface area contributed by atoms with Gasteiger partial charge in [0.1, 0.15) is 0 Å². The topological polar surface area (TPSA) is 80.0 Å². The lowest BCUT2D eigenvalue weighted by Crippen LogP contribution is -2.51. The molecule has 0 aromatic carbocycles. The molecule has 0 radical (unpaired) electrons. The molecule has 2 aliphatic rings. The zero-order valence-electron chi connectivity index (χ0n) is 15.0. The van der Waals surface area contributed by atoms with Gasteiger partial charge in [0.25, 0.3) is 0 Å². The van der Waals surface area contributed by atoms with Gasteiger partial charge in [0.2, 0.25) is 5.96 Å². The first-order valence-electron chi connectivity index (χ1n) is 8.70. The third kappa shape index (κ3) is 5.16. The van der Waals surface area contributed by atoms with Gasteiger partial charge in [0.05, 0.1) is 5.57 Å². The van der Waals surface area contributed by atoms with Gasteiger partial charge in [-0.2, -0.15) is 18.2 Å². The number of hydrogen-bond donors (Lipinski definition) is 2. The summed E-state index contributed by atoms with van der Waals surface area (Å²) in [7, 11) is 0. The summed E-state index contributed by atoms with van der Waals surface area (Å²) in [6.07, 6.45) is 0.139. The minimum Gasteiger partial charge on any atom is -0.369 e. The normalized spacial score (nSPS) is 26.7. The van der Waals surface area contributed by atoms with Crippen molar-refractivity contribution in [2.24, 2.45) is 21.5 Å². The molecule has 0 saturated carbocycles. The fourth-order valence-corrected chi connectivity index (χ4v) is 3.69. The molecule has 0 bridgehead atoms. The van der Waals surface area contributed by atoms with Gasteiger partial charge < -0.3 is 16.4 Å². The van der Waals surface area contributed by atoms with E-state index in [2.05, 4.69) is 23.8 Å². The van der Waals surface area contributed by atoms with E-state index in [9.17, 15) is 13.2 Å². The van der Waals surface area contributed by atoms with Gasteiger partial charge in [-0.15, -0.1) is 0 Å². The fourth-order valence-electron chi connectivity index (χ4n) is 3.41. The molecule has 4 N–H and O–H groups in total. The molecule has 1 aliphatic carbocycles. The molecule has 0 amide bonds. The summed E-state index contributed by atoms with van der Waals surface area (Å²) in [6, 6.07) is 0.509. The SMILES string of the molecule is CC1CCCC(C)N1C(N)=NC(N)=NC1=CCC(C(F)(F)F)=C(Cl)CC1. The molecule has 5 nitrogen and oxygen atoms in total. The molecule has 1 heterocycles. The Hall–Kier alpha value is -1.70. The van der Waals surface area contributed by atoms with Crippen molar-refractivity contribution >= 4 is 23.5 Å². The highest BCUT2D eigenvalue weighted by atomic mass is 35.5. The van der Waals surface area contributed by atoms with Gasteiger partial charge in [-0.25, -0.2) is 4.99 Å². The van der Waals surface area contributed by atoms with E-state index in [-0.39, 0.29) is 48.3 Å². The Kier molecular flexibility index (Phi) is 6.60. The summed E-state index contributed by atoms with van der Waals surface area (Å²) in [4.78, 5) is 10.3. The maximum Gasteiger partial charge on any atom is 0.414 e. The van der Waals surface area contributed by atoms with Gasteiger partial charge in [-0.05, 0) is 52.4 Å². The Morgan fingerprint density at radius 3 is 2.38 bits per heavy atom. The highest BCUT2D eigenvalue weighted by Crippen LogP contribution is 2.37. The Bertz CT molecular complexity index is 641. The molecule has 1 aliphatic heterocycles. The van der Waals surface area contributed by atoms with Crippen molar-refractivity contribution in [3.63, 3.8) is 0 Å². The van der Waals surface area contributed by atoms with Crippen molar-refractivity contribution in [2.45, 2.75) is 70.6 Å². The minimum absolute atomic E-state index is 0.0645. The summed E-state index contributed by atoms with van der Waals surface area (Å²) in [6.45, 7) is 4.15. The standard InChI is InChI=1S/C17H25ClF3N5/c1-10-4-3-5-11(2)26(10)16(23)25-15(22)24-12-6-8-13(17(19,20)21)14(18)9-7-12/h6,10-11H,3-5,7-9H2,1-2H3,(H4,22,23,24,25). The predicted octanol–water partition coefficient (Wildman–Crippen LogP) is 4.00. The number of halogens is 4. The van der Waals surface area contributed by atoms with E-state index in [1.54, 1.807) is 0 Å². The average molecular weight is 392 g/mol. The number of likely N-dealkylation sites (tertiary alicyclic amines) is 1. The molecule has 0 spiro atoms. The fraction of sp³-hybridized carbons (Fsp3) is 0.647. The predicted molar refractivity (Wildman–Crippen MR) is 98.7 cm³/mol. The van der Waals surface area contributed by atoms with Crippen LogP contribution in [0.3, 0.4) is 0 Å². The first-order chi connectivity index (χ1) is 12.1. The maximum absolute atomic E-state index is 12.9. The van der Waals surface area contributed by atoms with Crippen LogP contribution >= 0.6 is 11.6 Å². The van der Waals surface area contributed by atoms with Crippen LogP contribution in [0, 0.1) is 0 Å². The molecule has 0 aromatic rings.